The molecule has 0 aliphatic heterocycles. The third-order valence-electron chi connectivity index (χ3n) is 4.81. The summed E-state index contributed by atoms with van der Waals surface area (Å²) >= 11 is 0. The average molecular weight is 405 g/mol. The normalized spacial score (nSPS) is 10.5. The van der Waals surface area contributed by atoms with Crippen molar-refractivity contribution < 1.29 is 19.1 Å². The van der Waals surface area contributed by atoms with E-state index in [0.29, 0.717) is 16.9 Å². The quantitative estimate of drug-likeness (QED) is 0.502. The Hall–Kier alpha value is -3.74. The number of esters is 1. The van der Waals surface area contributed by atoms with E-state index in [9.17, 15) is 14.4 Å². The molecule has 3 rings (SSSR count). The molecule has 0 saturated heterocycles. The molecule has 2 aromatic carbocycles. The van der Waals surface area contributed by atoms with E-state index in [1.54, 1.807) is 49.0 Å². The van der Waals surface area contributed by atoms with Gasteiger partial charge in [0.2, 0.25) is 0 Å². The van der Waals surface area contributed by atoms with Crippen molar-refractivity contribution in [2.24, 2.45) is 7.05 Å². The number of aromatic nitrogens is 2. The van der Waals surface area contributed by atoms with Gasteiger partial charge in [0.25, 0.3) is 5.91 Å². The molecule has 0 fully saturated rings. The summed E-state index contributed by atoms with van der Waals surface area (Å²) in [4.78, 5) is 37.7. The minimum atomic E-state index is -0.735. The summed E-state index contributed by atoms with van der Waals surface area (Å²) < 4.78 is 6.82. The second kappa shape index (κ2) is 8.73. The molecule has 0 atom stereocenters. The number of rotatable bonds is 6. The molecule has 1 heterocycles. The van der Waals surface area contributed by atoms with Crippen LogP contribution in [0.15, 0.2) is 48.5 Å². The van der Waals surface area contributed by atoms with Gasteiger partial charge in [0.05, 0.1) is 22.6 Å². The number of carbonyl (C=O) groups is 3. The van der Waals surface area contributed by atoms with Gasteiger partial charge in [-0.2, -0.15) is 5.10 Å². The zero-order chi connectivity index (χ0) is 21.8. The van der Waals surface area contributed by atoms with Crippen molar-refractivity contribution in [3.05, 3.63) is 82.2 Å². The topological polar surface area (TPSA) is 90.3 Å². The summed E-state index contributed by atoms with van der Waals surface area (Å²) in [6.45, 7) is 5.06. The second-order valence-electron chi connectivity index (χ2n) is 7.03. The van der Waals surface area contributed by atoms with Crippen molar-refractivity contribution in [2.45, 2.75) is 20.8 Å². The fourth-order valence-corrected chi connectivity index (χ4v) is 3.06. The number of benzene rings is 2. The molecule has 1 amide bonds. The number of ether oxygens (including phenoxy) is 1. The Morgan fingerprint density at radius 3 is 2.20 bits per heavy atom. The standard InChI is InChI=1S/C23H23N3O4/c1-14-9-11-17(12-10-14)22(28)18-7-5-6-8-19(18)23(29)30-13-20(27)24-21-15(2)25-26(4)16(21)3/h5-12H,13H2,1-4H3,(H,24,27). The minimum absolute atomic E-state index is 0.115. The van der Waals surface area contributed by atoms with E-state index < -0.39 is 18.5 Å². The van der Waals surface area contributed by atoms with E-state index in [4.69, 9.17) is 4.74 Å². The molecule has 3 aromatic rings. The summed E-state index contributed by atoms with van der Waals surface area (Å²) in [6, 6.07) is 13.5. The number of nitrogens with one attached hydrogen (secondary N) is 1. The van der Waals surface area contributed by atoms with Crippen LogP contribution in [0.4, 0.5) is 5.69 Å². The Kier molecular flexibility index (Phi) is 6.11. The van der Waals surface area contributed by atoms with Crippen LogP contribution >= 0.6 is 0 Å². The molecule has 0 aliphatic rings. The van der Waals surface area contributed by atoms with Gasteiger partial charge >= 0.3 is 5.97 Å². The monoisotopic (exact) mass is 405 g/mol. The van der Waals surface area contributed by atoms with E-state index in [1.807, 2.05) is 26.0 Å². The minimum Gasteiger partial charge on any atom is -0.452 e. The number of ketones is 1. The molecule has 0 saturated carbocycles. The van der Waals surface area contributed by atoms with Crippen LogP contribution < -0.4 is 5.32 Å². The molecule has 0 spiro atoms. The lowest BCUT2D eigenvalue weighted by atomic mass is 9.98. The molecule has 0 bridgehead atoms. The van der Waals surface area contributed by atoms with Gasteiger partial charge in [-0.1, -0.05) is 48.0 Å². The van der Waals surface area contributed by atoms with E-state index in [-0.39, 0.29) is 16.9 Å². The summed E-state index contributed by atoms with van der Waals surface area (Å²) in [5.74, 6) is -1.50. The van der Waals surface area contributed by atoms with Gasteiger partial charge in [0.15, 0.2) is 12.4 Å². The van der Waals surface area contributed by atoms with Crippen LogP contribution in [0.1, 0.15) is 43.2 Å². The predicted molar refractivity (Wildman–Crippen MR) is 113 cm³/mol. The number of hydrogen-bond acceptors (Lipinski definition) is 5. The van der Waals surface area contributed by atoms with E-state index in [0.717, 1.165) is 11.3 Å². The smallest absolute Gasteiger partial charge is 0.339 e. The zero-order valence-electron chi connectivity index (χ0n) is 17.4. The van der Waals surface area contributed by atoms with Crippen molar-refractivity contribution in [3.8, 4) is 0 Å². The van der Waals surface area contributed by atoms with Gasteiger partial charge in [-0.3, -0.25) is 14.3 Å². The zero-order valence-corrected chi connectivity index (χ0v) is 17.4. The van der Waals surface area contributed by atoms with Gasteiger partial charge in [0, 0.05) is 18.2 Å². The SMILES string of the molecule is Cc1ccc(C(=O)c2ccccc2C(=O)OCC(=O)Nc2c(C)nn(C)c2C)cc1. The summed E-state index contributed by atoms with van der Waals surface area (Å²) in [6.07, 6.45) is 0. The third kappa shape index (κ3) is 4.46. The molecular weight excluding hydrogens is 382 g/mol. The number of carbonyl (C=O) groups excluding carboxylic acids is 3. The summed E-state index contributed by atoms with van der Waals surface area (Å²) in [5.41, 5.74) is 3.90. The molecule has 0 aliphatic carbocycles. The summed E-state index contributed by atoms with van der Waals surface area (Å²) in [5, 5.41) is 6.94. The first-order valence-corrected chi connectivity index (χ1v) is 9.45. The maximum atomic E-state index is 12.8. The maximum Gasteiger partial charge on any atom is 0.339 e. The molecule has 1 aromatic heterocycles. The molecule has 30 heavy (non-hydrogen) atoms. The highest BCUT2D eigenvalue weighted by atomic mass is 16.5. The van der Waals surface area contributed by atoms with E-state index >= 15 is 0 Å². The van der Waals surface area contributed by atoms with Gasteiger partial charge in [0.1, 0.15) is 0 Å². The van der Waals surface area contributed by atoms with Crippen LogP contribution in [0.5, 0.6) is 0 Å². The van der Waals surface area contributed by atoms with Gasteiger partial charge in [-0.05, 0) is 26.8 Å². The molecule has 7 nitrogen and oxygen atoms in total. The lowest BCUT2D eigenvalue weighted by molar-refractivity contribution is -0.119. The third-order valence-corrected chi connectivity index (χ3v) is 4.81. The molecule has 7 heteroatoms. The van der Waals surface area contributed by atoms with E-state index in [1.165, 1.54) is 6.07 Å². The van der Waals surface area contributed by atoms with Crippen molar-refractivity contribution in [1.29, 1.82) is 0 Å². The van der Waals surface area contributed by atoms with Gasteiger partial charge in [-0.25, -0.2) is 4.79 Å². The van der Waals surface area contributed by atoms with Crippen molar-refractivity contribution in [2.75, 3.05) is 11.9 Å². The van der Waals surface area contributed by atoms with E-state index in [2.05, 4.69) is 10.4 Å². The second-order valence-corrected chi connectivity index (χ2v) is 7.03. The number of hydrogen-bond donors (Lipinski definition) is 1. The van der Waals surface area contributed by atoms with Crippen LogP contribution in [0.25, 0.3) is 0 Å². The number of anilines is 1. The first-order chi connectivity index (χ1) is 14.3. The molecule has 154 valence electrons. The van der Waals surface area contributed by atoms with Crippen LogP contribution in [-0.4, -0.2) is 34.0 Å². The van der Waals surface area contributed by atoms with Crippen molar-refractivity contribution >= 4 is 23.3 Å². The molecule has 1 N–H and O–H groups in total. The van der Waals surface area contributed by atoms with Crippen LogP contribution in [-0.2, 0) is 16.6 Å². The Balaban J connectivity index is 1.71. The number of nitrogens with zero attached hydrogens (tertiary/aromatic N) is 2. The fraction of sp³-hybridized carbons (Fsp3) is 0.217. The predicted octanol–water partition coefficient (Wildman–Crippen LogP) is 3.37. The van der Waals surface area contributed by atoms with Crippen LogP contribution in [0.2, 0.25) is 0 Å². The lowest BCUT2D eigenvalue weighted by Gasteiger charge is -2.10. The maximum absolute atomic E-state index is 12.8. The number of amides is 1. The Morgan fingerprint density at radius 2 is 1.60 bits per heavy atom. The highest BCUT2D eigenvalue weighted by Gasteiger charge is 2.20. The number of aryl methyl sites for hydroxylation is 3. The largest absolute Gasteiger partial charge is 0.452 e. The van der Waals surface area contributed by atoms with Gasteiger partial charge < -0.3 is 10.1 Å². The average Bonchev–Trinajstić information content (AvgIpc) is 2.98. The van der Waals surface area contributed by atoms with Crippen molar-refractivity contribution in [3.63, 3.8) is 0 Å². The summed E-state index contributed by atoms with van der Waals surface area (Å²) in [7, 11) is 1.78. The fourth-order valence-electron chi connectivity index (χ4n) is 3.06. The van der Waals surface area contributed by atoms with Crippen LogP contribution in [0, 0.1) is 20.8 Å². The highest BCUT2D eigenvalue weighted by molar-refractivity contribution is 6.14. The van der Waals surface area contributed by atoms with Crippen LogP contribution in [0.3, 0.4) is 0 Å². The first-order valence-electron chi connectivity index (χ1n) is 9.45. The Morgan fingerprint density at radius 1 is 0.967 bits per heavy atom. The lowest BCUT2D eigenvalue weighted by Crippen LogP contribution is -2.22. The molecular formula is C23H23N3O4. The first kappa shape index (κ1) is 21.0. The van der Waals surface area contributed by atoms with Crippen molar-refractivity contribution in [1.82, 2.24) is 9.78 Å². The Bertz CT molecular complexity index is 1110. The molecule has 0 radical (unpaired) electrons. The van der Waals surface area contributed by atoms with Gasteiger partial charge in [-0.15, -0.1) is 0 Å². The highest BCUT2D eigenvalue weighted by Crippen LogP contribution is 2.19. The molecule has 0 unspecified atom stereocenters. The Labute approximate surface area is 174 Å².